The monoisotopic (exact) mass is 576 g/mol. The number of halogens is 3. The molecule has 3 N–H and O–H groups in total. The number of alkyl carbamates (subject to hydrolysis) is 1. The number of carbonyl (C=O) groups excluding carboxylic acids is 3. The summed E-state index contributed by atoms with van der Waals surface area (Å²) < 4.78 is 14.1. The largest absolute Gasteiger partial charge is 0.445 e. The summed E-state index contributed by atoms with van der Waals surface area (Å²) in [7, 11) is 0. The Morgan fingerprint density at radius 1 is 0.750 bits per heavy atom. The molecule has 0 aromatic rings. The molecule has 0 saturated heterocycles. The van der Waals surface area contributed by atoms with Gasteiger partial charge >= 0.3 is 18.3 Å². The van der Waals surface area contributed by atoms with Crippen molar-refractivity contribution < 1.29 is 28.6 Å². The molecule has 0 heterocycles. The maximum absolute atomic E-state index is 12.7. The van der Waals surface area contributed by atoms with Crippen LogP contribution in [0.4, 0.5) is 14.4 Å². The van der Waals surface area contributed by atoms with Crippen LogP contribution in [0.3, 0.4) is 0 Å². The Kier molecular flexibility index (Phi) is 15.9. The number of hydrogen-bond donors (Lipinski definition) is 2. The molecule has 36 heavy (non-hydrogen) atoms. The molecule has 0 rings (SSSR count). The number of carbonyl (C=O) groups is 3. The summed E-state index contributed by atoms with van der Waals surface area (Å²) in [6.07, 6.45) is 0.874. The highest BCUT2D eigenvalue weighted by Gasteiger charge is 2.24. The zero-order valence-corrected chi connectivity index (χ0v) is 24.6. The van der Waals surface area contributed by atoms with Gasteiger partial charge < -0.3 is 35.1 Å². The van der Waals surface area contributed by atoms with Crippen LogP contribution in [-0.2, 0) is 14.2 Å². The first-order chi connectivity index (χ1) is 16.4. The second kappa shape index (κ2) is 16.5. The van der Waals surface area contributed by atoms with E-state index >= 15 is 0 Å². The number of unbranched alkanes of at least 4 members (excludes halogenated alkanes) is 1. The summed E-state index contributed by atoms with van der Waals surface area (Å²) in [5.74, 6) is 0. The third-order valence-corrected chi connectivity index (χ3v) is 4.61. The molecule has 0 aliphatic heterocycles. The van der Waals surface area contributed by atoms with Gasteiger partial charge in [-0.25, -0.2) is 14.4 Å². The lowest BCUT2D eigenvalue weighted by atomic mass is 10.2. The quantitative estimate of drug-likeness (QED) is 0.178. The molecule has 10 nitrogen and oxygen atoms in total. The smallest absolute Gasteiger partial charge is 0.410 e. The number of hydrogen-bond acceptors (Lipinski definition) is 7. The van der Waals surface area contributed by atoms with Gasteiger partial charge in [-0.05, 0) is 73.8 Å². The SMILES string of the molecule is CC(C)(C)OC(=O)N(CCCN)CCCCN(CCCNC(=O)OCC(Cl)(Cl)Cl)C(=O)OC(C)(C)C. The van der Waals surface area contributed by atoms with Gasteiger partial charge in [-0.2, -0.15) is 0 Å². The highest BCUT2D eigenvalue weighted by molar-refractivity contribution is 6.67. The molecule has 0 spiro atoms. The Morgan fingerprint density at radius 2 is 1.17 bits per heavy atom. The minimum absolute atomic E-state index is 0.253. The molecular weight excluding hydrogens is 535 g/mol. The molecule has 13 heteroatoms. The average molecular weight is 578 g/mol. The Morgan fingerprint density at radius 3 is 1.56 bits per heavy atom. The summed E-state index contributed by atoms with van der Waals surface area (Å²) >= 11 is 16.7. The second-order valence-corrected chi connectivity index (χ2v) is 12.8. The van der Waals surface area contributed by atoms with Gasteiger partial charge in [0.05, 0.1) is 0 Å². The van der Waals surface area contributed by atoms with Crippen molar-refractivity contribution in [3.8, 4) is 0 Å². The Hall–Kier alpha value is -1.36. The number of nitrogens with one attached hydrogen (secondary N) is 1. The third-order valence-electron chi connectivity index (χ3n) is 4.28. The van der Waals surface area contributed by atoms with Crippen molar-refractivity contribution in [2.75, 3.05) is 45.9 Å². The van der Waals surface area contributed by atoms with E-state index in [1.165, 1.54) is 0 Å². The zero-order chi connectivity index (χ0) is 28.0. The van der Waals surface area contributed by atoms with Crippen LogP contribution in [0.25, 0.3) is 0 Å². The van der Waals surface area contributed by atoms with E-state index in [9.17, 15) is 14.4 Å². The Labute approximate surface area is 230 Å². The lowest BCUT2D eigenvalue weighted by molar-refractivity contribution is 0.0208. The third kappa shape index (κ3) is 19.8. The van der Waals surface area contributed by atoms with Gasteiger partial charge in [0.2, 0.25) is 3.79 Å². The van der Waals surface area contributed by atoms with Crippen molar-refractivity contribution in [3.05, 3.63) is 0 Å². The zero-order valence-electron chi connectivity index (χ0n) is 22.3. The minimum Gasteiger partial charge on any atom is -0.445 e. The van der Waals surface area contributed by atoms with Crippen molar-refractivity contribution in [3.63, 3.8) is 0 Å². The van der Waals surface area contributed by atoms with E-state index in [1.807, 2.05) is 20.8 Å². The number of amides is 3. The Balaban J connectivity index is 4.79. The van der Waals surface area contributed by atoms with Crippen molar-refractivity contribution in [2.24, 2.45) is 5.73 Å². The standard InChI is InChI=1S/C23H43Cl3N4O6/c1-21(2,3)35-19(32)29(15-9-11-27)13-7-8-14-30(20(33)36-22(4,5)6)16-10-12-28-18(31)34-17-23(24,25)26/h7-17,27H2,1-6H3,(H,28,31). The summed E-state index contributed by atoms with van der Waals surface area (Å²) in [5.41, 5.74) is 4.37. The van der Waals surface area contributed by atoms with Crippen LogP contribution < -0.4 is 11.1 Å². The minimum atomic E-state index is -1.69. The first-order valence-electron chi connectivity index (χ1n) is 12.1. The van der Waals surface area contributed by atoms with Crippen LogP contribution in [-0.4, -0.2) is 88.9 Å². The second-order valence-electron chi connectivity index (χ2n) is 10.3. The highest BCUT2D eigenvalue weighted by atomic mass is 35.6. The van der Waals surface area contributed by atoms with Crippen molar-refractivity contribution in [1.29, 1.82) is 0 Å². The summed E-state index contributed by atoms with van der Waals surface area (Å²) in [5, 5.41) is 2.55. The molecular formula is C23H43Cl3N4O6. The van der Waals surface area contributed by atoms with Gasteiger partial charge in [-0.15, -0.1) is 0 Å². The molecule has 0 aromatic carbocycles. The molecule has 0 fully saturated rings. The van der Waals surface area contributed by atoms with Gasteiger partial charge in [0.25, 0.3) is 0 Å². The van der Waals surface area contributed by atoms with E-state index in [-0.39, 0.29) is 19.2 Å². The predicted molar refractivity (Wildman–Crippen MR) is 143 cm³/mol. The maximum atomic E-state index is 12.7. The van der Waals surface area contributed by atoms with E-state index in [0.29, 0.717) is 58.4 Å². The molecule has 0 aliphatic rings. The molecule has 0 atom stereocenters. The first-order valence-corrected chi connectivity index (χ1v) is 13.2. The molecule has 0 unspecified atom stereocenters. The molecule has 0 aliphatic carbocycles. The predicted octanol–water partition coefficient (Wildman–Crippen LogP) is 5.08. The van der Waals surface area contributed by atoms with Gasteiger partial charge in [0.15, 0.2) is 0 Å². The van der Waals surface area contributed by atoms with E-state index in [1.54, 1.807) is 30.6 Å². The molecule has 3 amide bonds. The number of alkyl halides is 3. The summed E-state index contributed by atoms with van der Waals surface area (Å²) in [6, 6.07) is 0. The van der Waals surface area contributed by atoms with Crippen molar-refractivity contribution in [2.45, 2.75) is 82.2 Å². The van der Waals surface area contributed by atoms with E-state index < -0.39 is 27.2 Å². The summed E-state index contributed by atoms with van der Waals surface area (Å²) in [6.45, 7) is 12.9. The average Bonchev–Trinajstić information content (AvgIpc) is 2.69. The van der Waals surface area contributed by atoms with Gasteiger partial charge in [-0.1, -0.05) is 34.8 Å². The van der Waals surface area contributed by atoms with Crippen LogP contribution in [0, 0.1) is 0 Å². The summed E-state index contributed by atoms with van der Waals surface area (Å²) in [4.78, 5) is 40.1. The van der Waals surface area contributed by atoms with Gasteiger partial charge in [0, 0.05) is 32.7 Å². The lowest BCUT2D eigenvalue weighted by Crippen LogP contribution is -2.40. The fraction of sp³-hybridized carbons (Fsp3) is 0.870. The topological polar surface area (TPSA) is 123 Å². The molecule has 0 bridgehead atoms. The van der Waals surface area contributed by atoms with Crippen LogP contribution in [0.15, 0.2) is 0 Å². The van der Waals surface area contributed by atoms with Crippen LogP contribution in [0.1, 0.15) is 67.2 Å². The van der Waals surface area contributed by atoms with Gasteiger partial charge in [-0.3, -0.25) is 0 Å². The molecule has 0 aromatic heterocycles. The maximum Gasteiger partial charge on any atom is 0.410 e. The number of rotatable bonds is 13. The number of nitrogens with two attached hydrogens (primary N) is 1. The molecule has 0 saturated carbocycles. The molecule has 212 valence electrons. The van der Waals surface area contributed by atoms with Crippen molar-refractivity contribution >= 4 is 53.1 Å². The fourth-order valence-electron chi connectivity index (χ4n) is 2.79. The fourth-order valence-corrected chi connectivity index (χ4v) is 2.95. The van der Waals surface area contributed by atoms with Crippen LogP contribution in [0.2, 0.25) is 0 Å². The van der Waals surface area contributed by atoms with E-state index in [0.717, 1.165) is 0 Å². The van der Waals surface area contributed by atoms with E-state index in [4.69, 9.17) is 54.7 Å². The molecule has 0 radical (unpaired) electrons. The number of nitrogens with zero attached hydrogens (tertiary/aromatic N) is 2. The van der Waals surface area contributed by atoms with Crippen LogP contribution >= 0.6 is 34.8 Å². The van der Waals surface area contributed by atoms with Crippen LogP contribution in [0.5, 0.6) is 0 Å². The normalized spacial score (nSPS) is 12.1. The lowest BCUT2D eigenvalue weighted by Gasteiger charge is -2.29. The van der Waals surface area contributed by atoms with Crippen molar-refractivity contribution in [1.82, 2.24) is 15.1 Å². The van der Waals surface area contributed by atoms with E-state index in [2.05, 4.69) is 5.32 Å². The Bertz CT molecular complexity index is 678. The first kappa shape index (κ1) is 34.6. The highest BCUT2D eigenvalue weighted by Crippen LogP contribution is 2.25. The van der Waals surface area contributed by atoms with Gasteiger partial charge in [0.1, 0.15) is 17.8 Å². The number of ether oxygens (including phenoxy) is 3.